The fraction of sp³-hybridized carbons (Fsp3) is 0.667. The standard InChI is InChI=1S/C8H13F3N2O3.C4H7NO4/c9-8(10,11)7(16)13-5(6(14)15)3-1-2-4-12;5-2(4(8)9)1-3(6)7/h5H,1-4,12H2,(H,13,16)(H,14,15);2H,1,5H2,(H,6,7)(H,8,9)/t5-;2-/m00/s1. The van der Waals surface area contributed by atoms with Crippen molar-refractivity contribution >= 4 is 23.8 Å². The van der Waals surface area contributed by atoms with Gasteiger partial charge in [-0.15, -0.1) is 0 Å². The summed E-state index contributed by atoms with van der Waals surface area (Å²) in [5.74, 6) is -6.23. The van der Waals surface area contributed by atoms with Crippen LogP contribution in [-0.4, -0.2) is 63.9 Å². The lowest BCUT2D eigenvalue weighted by Crippen LogP contribution is -2.46. The summed E-state index contributed by atoms with van der Waals surface area (Å²) in [5.41, 5.74) is 9.98. The minimum absolute atomic E-state index is 0.0750. The fourth-order valence-corrected chi connectivity index (χ4v) is 1.27. The Bertz CT molecular complexity index is 471. The van der Waals surface area contributed by atoms with Crippen molar-refractivity contribution in [2.75, 3.05) is 6.54 Å². The summed E-state index contributed by atoms with van der Waals surface area (Å²) in [6, 6.07) is -2.82. The molecule has 0 aromatic rings. The Morgan fingerprint density at radius 3 is 1.80 bits per heavy atom. The second kappa shape index (κ2) is 12.0. The Balaban J connectivity index is 0. The molecule has 0 aromatic heterocycles. The number of hydrogen-bond donors (Lipinski definition) is 6. The molecule has 1 amide bonds. The lowest BCUT2D eigenvalue weighted by molar-refractivity contribution is -0.175. The fourth-order valence-electron chi connectivity index (χ4n) is 1.27. The Morgan fingerprint density at radius 2 is 1.52 bits per heavy atom. The van der Waals surface area contributed by atoms with Crippen LogP contribution in [-0.2, 0) is 19.2 Å². The van der Waals surface area contributed by atoms with Gasteiger partial charge in [0.05, 0.1) is 6.42 Å². The van der Waals surface area contributed by atoms with E-state index in [0.29, 0.717) is 19.4 Å². The van der Waals surface area contributed by atoms with Crippen molar-refractivity contribution in [3.63, 3.8) is 0 Å². The third-order valence-corrected chi connectivity index (χ3v) is 2.52. The zero-order chi connectivity index (χ0) is 20.2. The second-order valence-corrected chi connectivity index (χ2v) is 4.69. The molecule has 25 heavy (non-hydrogen) atoms. The molecular weight excluding hydrogens is 355 g/mol. The van der Waals surface area contributed by atoms with Gasteiger partial charge in [-0.1, -0.05) is 0 Å². The predicted molar refractivity (Wildman–Crippen MR) is 76.4 cm³/mol. The number of carboxylic acids is 3. The highest BCUT2D eigenvalue weighted by atomic mass is 19.4. The van der Waals surface area contributed by atoms with Gasteiger partial charge in [-0.05, 0) is 25.8 Å². The molecule has 0 bridgehead atoms. The largest absolute Gasteiger partial charge is 0.481 e. The number of nitrogens with one attached hydrogen (secondary N) is 1. The van der Waals surface area contributed by atoms with E-state index in [2.05, 4.69) is 0 Å². The van der Waals surface area contributed by atoms with Crippen LogP contribution in [0.25, 0.3) is 0 Å². The van der Waals surface area contributed by atoms with Crippen molar-refractivity contribution < 1.29 is 47.7 Å². The molecule has 0 saturated carbocycles. The molecule has 0 aliphatic rings. The van der Waals surface area contributed by atoms with Crippen LogP contribution >= 0.6 is 0 Å². The first-order valence-electron chi connectivity index (χ1n) is 6.83. The maximum atomic E-state index is 11.8. The number of halogens is 3. The predicted octanol–water partition coefficient (Wildman–Crippen LogP) is -0.880. The highest BCUT2D eigenvalue weighted by molar-refractivity contribution is 5.86. The van der Waals surface area contributed by atoms with Crippen molar-refractivity contribution in [3.05, 3.63) is 0 Å². The van der Waals surface area contributed by atoms with Gasteiger partial charge >= 0.3 is 30.0 Å². The molecule has 8 N–H and O–H groups in total. The number of alkyl halides is 3. The van der Waals surface area contributed by atoms with E-state index in [1.807, 2.05) is 0 Å². The Hall–Kier alpha value is -2.41. The molecule has 0 heterocycles. The molecule has 10 nitrogen and oxygen atoms in total. The molecule has 0 saturated heterocycles. The van der Waals surface area contributed by atoms with Crippen LogP contribution in [0.2, 0.25) is 0 Å². The van der Waals surface area contributed by atoms with Crippen LogP contribution in [0.1, 0.15) is 25.7 Å². The average molecular weight is 375 g/mol. The van der Waals surface area contributed by atoms with Crippen LogP contribution in [0.3, 0.4) is 0 Å². The maximum absolute atomic E-state index is 11.8. The van der Waals surface area contributed by atoms with E-state index in [4.69, 9.17) is 26.8 Å². The molecule has 0 radical (unpaired) electrons. The summed E-state index contributed by atoms with van der Waals surface area (Å²) in [7, 11) is 0. The molecular formula is C12H20F3N3O7. The molecule has 0 aliphatic carbocycles. The van der Waals surface area contributed by atoms with Gasteiger partial charge in [0.25, 0.3) is 0 Å². The van der Waals surface area contributed by atoms with Gasteiger partial charge in [0.2, 0.25) is 0 Å². The number of unbranched alkanes of at least 4 members (excludes halogenated alkanes) is 1. The summed E-state index contributed by atoms with van der Waals surface area (Å²) in [4.78, 5) is 40.6. The molecule has 13 heteroatoms. The lowest BCUT2D eigenvalue weighted by atomic mass is 10.1. The van der Waals surface area contributed by atoms with Gasteiger partial charge in [-0.2, -0.15) is 13.2 Å². The third kappa shape index (κ3) is 13.7. The van der Waals surface area contributed by atoms with E-state index in [-0.39, 0.29) is 6.42 Å². The normalized spacial score (nSPS) is 13.0. The van der Waals surface area contributed by atoms with E-state index in [0.717, 1.165) is 0 Å². The summed E-state index contributed by atoms with van der Waals surface area (Å²) < 4.78 is 35.5. The van der Waals surface area contributed by atoms with Crippen LogP contribution < -0.4 is 16.8 Å². The van der Waals surface area contributed by atoms with Crippen molar-refractivity contribution in [3.8, 4) is 0 Å². The first-order chi connectivity index (χ1) is 11.3. The Kier molecular flexibility index (Phi) is 11.9. The summed E-state index contributed by atoms with van der Waals surface area (Å²) in [6.45, 7) is 0.319. The Labute approximate surface area is 140 Å². The van der Waals surface area contributed by atoms with E-state index >= 15 is 0 Å². The summed E-state index contributed by atoms with van der Waals surface area (Å²) in [5, 5.41) is 26.0. The number of carbonyl (C=O) groups excluding carboxylic acids is 1. The maximum Gasteiger partial charge on any atom is 0.471 e. The Morgan fingerprint density at radius 1 is 1.00 bits per heavy atom. The SMILES string of the molecule is NCCCC[C@H](NC(=O)C(F)(F)F)C(=O)O.N[C@@H](CC(=O)O)C(=O)O. The molecule has 0 rings (SSSR count). The van der Waals surface area contributed by atoms with Gasteiger partial charge in [0.15, 0.2) is 0 Å². The monoisotopic (exact) mass is 375 g/mol. The van der Waals surface area contributed by atoms with Gasteiger partial charge in [-0.3, -0.25) is 14.4 Å². The number of rotatable bonds is 9. The van der Waals surface area contributed by atoms with Gasteiger partial charge in [-0.25, -0.2) is 4.79 Å². The highest BCUT2D eigenvalue weighted by Gasteiger charge is 2.40. The second-order valence-electron chi connectivity index (χ2n) is 4.69. The summed E-state index contributed by atoms with van der Waals surface area (Å²) >= 11 is 0. The van der Waals surface area contributed by atoms with E-state index in [1.165, 1.54) is 5.32 Å². The first-order valence-corrected chi connectivity index (χ1v) is 6.83. The van der Waals surface area contributed by atoms with Crippen molar-refractivity contribution in [1.82, 2.24) is 5.32 Å². The number of hydrogen-bond acceptors (Lipinski definition) is 6. The van der Waals surface area contributed by atoms with Crippen LogP contribution in [0.15, 0.2) is 0 Å². The molecule has 0 aromatic carbocycles. The van der Waals surface area contributed by atoms with Gasteiger partial charge in [0.1, 0.15) is 12.1 Å². The minimum atomic E-state index is -5.07. The smallest absolute Gasteiger partial charge is 0.471 e. The molecule has 146 valence electrons. The average Bonchev–Trinajstić information content (AvgIpc) is 2.44. The van der Waals surface area contributed by atoms with Crippen molar-refractivity contribution in [2.24, 2.45) is 11.5 Å². The number of aliphatic carboxylic acids is 3. The number of amides is 1. The van der Waals surface area contributed by atoms with Gasteiger partial charge < -0.3 is 32.1 Å². The van der Waals surface area contributed by atoms with E-state index < -0.39 is 48.5 Å². The lowest BCUT2D eigenvalue weighted by Gasteiger charge is -2.15. The minimum Gasteiger partial charge on any atom is -0.481 e. The van der Waals surface area contributed by atoms with Crippen LogP contribution in [0.4, 0.5) is 13.2 Å². The molecule has 0 spiro atoms. The summed E-state index contributed by atoms with van der Waals surface area (Å²) in [6.07, 6.45) is -4.84. The molecule has 0 unspecified atom stereocenters. The molecule has 0 fully saturated rings. The number of carbonyl (C=O) groups is 4. The first kappa shape index (κ1) is 24.8. The molecule has 2 atom stereocenters. The highest BCUT2D eigenvalue weighted by Crippen LogP contribution is 2.15. The van der Waals surface area contributed by atoms with Crippen molar-refractivity contribution in [1.29, 1.82) is 0 Å². The molecule has 0 aliphatic heterocycles. The van der Waals surface area contributed by atoms with Crippen LogP contribution in [0, 0.1) is 0 Å². The number of carboxylic acid groups (broad SMARTS) is 3. The van der Waals surface area contributed by atoms with E-state index in [9.17, 15) is 32.3 Å². The van der Waals surface area contributed by atoms with Crippen LogP contribution in [0.5, 0.6) is 0 Å². The zero-order valence-corrected chi connectivity index (χ0v) is 13.0. The quantitative estimate of drug-likeness (QED) is 0.277. The zero-order valence-electron chi connectivity index (χ0n) is 13.0. The number of nitrogens with two attached hydrogens (primary N) is 2. The van der Waals surface area contributed by atoms with Crippen molar-refractivity contribution in [2.45, 2.75) is 43.9 Å². The topological polar surface area (TPSA) is 193 Å². The third-order valence-electron chi connectivity index (χ3n) is 2.52. The van der Waals surface area contributed by atoms with E-state index in [1.54, 1.807) is 0 Å². The van der Waals surface area contributed by atoms with Gasteiger partial charge in [0, 0.05) is 0 Å².